The Morgan fingerprint density at radius 2 is 1.86 bits per heavy atom. The highest BCUT2D eigenvalue weighted by atomic mass is 16.5. The molecule has 0 spiro atoms. The van der Waals surface area contributed by atoms with Crippen LogP contribution in [0.25, 0.3) is 0 Å². The third-order valence-electron chi connectivity index (χ3n) is 5.24. The Kier molecular flexibility index (Phi) is 3.64. The molecule has 3 heteroatoms. The van der Waals surface area contributed by atoms with Gasteiger partial charge in [-0.25, -0.2) is 0 Å². The van der Waals surface area contributed by atoms with Crippen LogP contribution in [0.2, 0.25) is 0 Å². The highest BCUT2D eigenvalue weighted by molar-refractivity contribution is 5.53. The molecule has 114 valence electrons. The maximum Gasteiger partial charge on any atom is 0.0528 e. The van der Waals surface area contributed by atoms with Gasteiger partial charge in [-0.15, -0.1) is 0 Å². The molecule has 1 aliphatic carbocycles. The minimum atomic E-state index is 0.789. The Labute approximate surface area is 127 Å². The molecule has 2 aliphatic heterocycles. The van der Waals surface area contributed by atoms with Gasteiger partial charge in [0, 0.05) is 44.3 Å². The number of hydrogen-bond donors (Lipinski definition) is 0. The van der Waals surface area contributed by atoms with Gasteiger partial charge in [-0.3, -0.25) is 4.90 Å². The highest BCUT2D eigenvalue weighted by Gasteiger charge is 2.27. The first-order valence-corrected chi connectivity index (χ1v) is 8.45. The van der Waals surface area contributed by atoms with E-state index in [1.807, 2.05) is 0 Å². The monoisotopic (exact) mass is 286 g/mol. The van der Waals surface area contributed by atoms with Gasteiger partial charge in [-0.05, 0) is 48.9 Å². The maximum atomic E-state index is 5.28. The summed E-state index contributed by atoms with van der Waals surface area (Å²) in [4.78, 5) is 5.18. The third kappa shape index (κ3) is 2.95. The van der Waals surface area contributed by atoms with Crippen LogP contribution in [0.5, 0.6) is 0 Å². The molecular weight excluding hydrogens is 260 g/mol. The first-order chi connectivity index (χ1) is 10.3. The van der Waals surface area contributed by atoms with Crippen molar-refractivity contribution in [2.75, 3.05) is 50.8 Å². The molecule has 2 saturated heterocycles. The lowest BCUT2D eigenvalue weighted by Gasteiger charge is -2.39. The largest absolute Gasteiger partial charge is 0.381 e. The molecule has 4 rings (SSSR count). The zero-order valence-electron chi connectivity index (χ0n) is 13.1. The van der Waals surface area contributed by atoms with E-state index in [2.05, 4.69) is 34.9 Å². The number of anilines is 1. The SMILES string of the molecule is Cc1ccc(N2CCN(CC3COC3)CC2)cc1C1CC1. The summed E-state index contributed by atoms with van der Waals surface area (Å²) in [5.74, 6) is 1.64. The minimum Gasteiger partial charge on any atom is -0.381 e. The van der Waals surface area contributed by atoms with Crippen LogP contribution < -0.4 is 4.90 Å². The van der Waals surface area contributed by atoms with Gasteiger partial charge >= 0.3 is 0 Å². The van der Waals surface area contributed by atoms with Crippen molar-refractivity contribution < 1.29 is 4.74 Å². The summed E-state index contributed by atoms with van der Waals surface area (Å²) in [5.41, 5.74) is 4.51. The second kappa shape index (κ2) is 5.62. The average molecular weight is 286 g/mol. The van der Waals surface area contributed by atoms with Gasteiger partial charge < -0.3 is 9.64 Å². The molecular formula is C18H26N2O. The maximum absolute atomic E-state index is 5.28. The van der Waals surface area contributed by atoms with Crippen molar-refractivity contribution in [3.8, 4) is 0 Å². The predicted octanol–water partition coefficient (Wildman–Crippen LogP) is 2.64. The normalized spacial score (nSPS) is 24.1. The van der Waals surface area contributed by atoms with Crippen molar-refractivity contribution in [2.24, 2.45) is 5.92 Å². The Bertz CT molecular complexity index is 500. The zero-order valence-corrected chi connectivity index (χ0v) is 13.1. The smallest absolute Gasteiger partial charge is 0.0528 e. The average Bonchev–Trinajstić information content (AvgIpc) is 3.29. The van der Waals surface area contributed by atoms with Crippen LogP contribution in [0.3, 0.4) is 0 Å². The molecule has 0 amide bonds. The van der Waals surface area contributed by atoms with E-state index >= 15 is 0 Å². The molecule has 0 atom stereocenters. The first-order valence-electron chi connectivity index (χ1n) is 8.45. The van der Waals surface area contributed by atoms with Crippen molar-refractivity contribution in [1.29, 1.82) is 0 Å². The number of hydrogen-bond acceptors (Lipinski definition) is 3. The second-order valence-corrected chi connectivity index (χ2v) is 7.01. The summed E-state index contributed by atoms with van der Waals surface area (Å²) in [6.07, 6.45) is 2.78. The van der Waals surface area contributed by atoms with Crippen LogP contribution in [-0.2, 0) is 4.74 Å². The van der Waals surface area contributed by atoms with Gasteiger partial charge in [-0.1, -0.05) is 6.07 Å². The van der Waals surface area contributed by atoms with Gasteiger partial charge in [0.15, 0.2) is 0 Å². The summed E-state index contributed by atoms with van der Waals surface area (Å²) in [5, 5.41) is 0. The van der Waals surface area contributed by atoms with Crippen LogP contribution in [0.1, 0.15) is 29.9 Å². The van der Waals surface area contributed by atoms with E-state index in [4.69, 9.17) is 4.74 Å². The molecule has 0 unspecified atom stereocenters. The van der Waals surface area contributed by atoms with E-state index in [0.717, 1.165) is 25.0 Å². The fourth-order valence-electron chi connectivity index (χ4n) is 3.60. The molecule has 0 aromatic heterocycles. The molecule has 0 radical (unpaired) electrons. The summed E-state index contributed by atoms with van der Waals surface area (Å²) in [6.45, 7) is 10.2. The summed E-state index contributed by atoms with van der Waals surface area (Å²) < 4.78 is 5.28. The lowest BCUT2D eigenvalue weighted by atomic mass is 10.0. The number of aryl methyl sites for hydroxylation is 1. The predicted molar refractivity (Wildman–Crippen MR) is 86.1 cm³/mol. The number of piperazine rings is 1. The number of ether oxygens (including phenoxy) is 1. The first kappa shape index (κ1) is 13.6. The van der Waals surface area contributed by atoms with Gasteiger partial charge in [-0.2, -0.15) is 0 Å². The van der Waals surface area contributed by atoms with Crippen LogP contribution in [0, 0.1) is 12.8 Å². The quantitative estimate of drug-likeness (QED) is 0.846. The molecule has 0 N–H and O–H groups in total. The number of benzene rings is 1. The summed E-state index contributed by atoms with van der Waals surface area (Å²) in [6, 6.07) is 7.10. The standard InChI is InChI=1S/C18H26N2O/c1-14-2-5-17(10-18(14)16-3-4-16)20-8-6-19(7-9-20)11-15-12-21-13-15/h2,5,10,15-16H,3-4,6-9,11-13H2,1H3. The molecule has 3 nitrogen and oxygen atoms in total. The van der Waals surface area contributed by atoms with E-state index in [-0.39, 0.29) is 0 Å². The van der Waals surface area contributed by atoms with Gasteiger partial charge in [0.25, 0.3) is 0 Å². The topological polar surface area (TPSA) is 15.7 Å². The molecule has 21 heavy (non-hydrogen) atoms. The molecule has 1 aromatic rings. The van der Waals surface area contributed by atoms with Gasteiger partial charge in [0.2, 0.25) is 0 Å². The van der Waals surface area contributed by atoms with E-state index in [1.54, 1.807) is 5.56 Å². The van der Waals surface area contributed by atoms with Crippen molar-refractivity contribution in [1.82, 2.24) is 4.90 Å². The van der Waals surface area contributed by atoms with E-state index in [1.165, 1.54) is 56.8 Å². The van der Waals surface area contributed by atoms with Crippen molar-refractivity contribution in [3.63, 3.8) is 0 Å². The van der Waals surface area contributed by atoms with Crippen LogP contribution in [0.4, 0.5) is 5.69 Å². The third-order valence-corrected chi connectivity index (χ3v) is 5.24. The van der Waals surface area contributed by atoms with Crippen LogP contribution >= 0.6 is 0 Å². The molecule has 3 fully saturated rings. The van der Waals surface area contributed by atoms with Gasteiger partial charge in [0.05, 0.1) is 13.2 Å². The Hall–Kier alpha value is -1.06. The molecule has 1 saturated carbocycles. The highest BCUT2D eigenvalue weighted by Crippen LogP contribution is 2.42. The Morgan fingerprint density at radius 1 is 1.10 bits per heavy atom. The second-order valence-electron chi connectivity index (χ2n) is 7.01. The van der Waals surface area contributed by atoms with E-state index in [0.29, 0.717) is 0 Å². The van der Waals surface area contributed by atoms with Crippen LogP contribution in [-0.4, -0.2) is 50.8 Å². The van der Waals surface area contributed by atoms with Crippen molar-refractivity contribution in [2.45, 2.75) is 25.7 Å². The van der Waals surface area contributed by atoms with Crippen molar-refractivity contribution in [3.05, 3.63) is 29.3 Å². The fourth-order valence-corrected chi connectivity index (χ4v) is 3.60. The molecule has 2 heterocycles. The fraction of sp³-hybridized carbons (Fsp3) is 0.667. The Balaban J connectivity index is 1.37. The zero-order chi connectivity index (χ0) is 14.2. The summed E-state index contributed by atoms with van der Waals surface area (Å²) >= 11 is 0. The van der Waals surface area contributed by atoms with E-state index in [9.17, 15) is 0 Å². The Morgan fingerprint density at radius 3 is 2.48 bits per heavy atom. The molecule has 1 aromatic carbocycles. The number of nitrogens with zero attached hydrogens (tertiary/aromatic N) is 2. The number of rotatable bonds is 4. The van der Waals surface area contributed by atoms with E-state index < -0.39 is 0 Å². The lowest BCUT2D eigenvalue weighted by Crippen LogP contribution is -2.50. The molecule has 0 bridgehead atoms. The minimum absolute atomic E-state index is 0.789. The summed E-state index contributed by atoms with van der Waals surface area (Å²) in [7, 11) is 0. The lowest BCUT2D eigenvalue weighted by molar-refractivity contribution is -0.0468. The molecule has 3 aliphatic rings. The van der Waals surface area contributed by atoms with Gasteiger partial charge in [0.1, 0.15) is 0 Å². The van der Waals surface area contributed by atoms with Crippen LogP contribution in [0.15, 0.2) is 18.2 Å². The van der Waals surface area contributed by atoms with Crippen molar-refractivity contribution >= 4 is 5.69 Å².